The quantitative estimate of drug-likeness (QED) is 0.800. The van der Waals surface area contributed by atoms with Gasteiger partial charge in [0.25, 0.3) is 0 Å². The molecular weight excluding hydrogens is 305 g/mol. The van der Waals surface area contributed by atoms with Crippen LogP contribution in [-0.2, 0) is 5.41 Å². The minimum absolute atomic E-state index is 0.124. The molecule has 0 unspecified atom stereocenters. The van der Waals surface area contributed by atoms with Gasteiger partial charge in [-0.25, -0.2) is 4.39 Å². The number of rotatable bonds is 3. The number of aromatic nitrogens is 4. The number of anilines is 1. The van der Waals surface area contributed by atoms with Crippen LogP contribution in [0.2, 0.25) is 0 Å². The van der Waals surface area contributed by atoms with Crippen LogP contribution >= 0.6 is 0 Å². The monoisotopic (exact) mass is 325 g/mol. The maximum atomic E-state index is 13.0. The van der Waals surface area contributed by atoms with Crippen LogP contribution in [-0.4, -0.2) is 25.9 Å². The van der Waals surface area contributed by atoms with Crippen molar-refractivity contribution in [1.82, 2.24) is 19.8 Å². The molecule has 1 aliphatic rings. The number of hydrogen-bond acceptors (Lipinski definition) is 4. The Bertz CT molecular complexity index is 879. The second-order valence-electron chi connectivity index (χ2n) is 7.41. The van der Waals surface area contributed by atoms with Crippen molar-refractivity contribution in [1.29, 1.82) is 0 Å². The molecule has 0 aliphatic heterocycles. The number of nitrogens with one attached hydrogen (secondary N) is 1. The summed E-state index contributed by atoms with van der Waals surface area (Å²) in [5.41, 5.74) is 1.78. The van der Waals surface area contributed by atoms with Crippen molar-refractivity contribution in [3.63, 3.8) is 0 Å². The molecule has 0 amide bonds. The first kappa shape index (κ1) is 15.1. The van der Waals surface area contributed by atoms with Gasteiger partial charge >= 0.3 is 0 Å². The summed E-state index contributed by atoms with van der Waals surface area (Å²) < 4.78 is 14.8. The van der Waals surface area contributed by atoms with Crippen LogP contribution in [0.15, 0.2) is 36.4 Å². The van der Waals surface area contributed by atoms with E-state index in [0.717, 1.165) is 29.3 Å². The molecule has 0 radical (unpaired) electrons. The molecule has 1 saturated carbocycles. The molecule has 5 nitrogen and oxygen atoms in total. The molecule has 2 heterocycles. The lowest BCUT2D eigenvalue weighted by Gasteiger charge is -2.15. The highest BCUT2D eigenvalue weighted by atomic mass is 19.1. The van der Waals surface area contributed by atoms with Crippen molar-refractivity contribution in [3.05, 3.63) is 53.6 Å². The van der Waals surface area contributed by atoms with Crippen molar-refractivity contribution >= 4 is 11.5 Å². The lowest BCUT2D eigenvalue weighted by atomic mass is 9.96. The van der Waals surface area contributed by atoms with Crippen LogP contribution in [0.3, 0.4) is 0 Å². The van der Waals surface area contributed by atoms with Gasteiger partial charge in [0.1, 0.15) is 11.6 Å². The van der Waals surface area contributed by atoms with Crippen molar-refractivity contribution in [2.24, 2.45) is 0 Å². The van der Waals surface area contributed by atoms with E-state index < -0.39 is 0 Å². The molecular formula is C18H20FN5. The Morgan fingerprint density at radius 1 is 1.08 bits per heavy atom. The summed E-state index contributed by atoms with van der Waals surface area (Å²) in [6, 6.07) is 10.9. The normalized spacial score (nSPS) is 20.3. The lowest BCUT2D eigenvalue weighted by Crippen LogP contribution is -2.18. The average molecular weight is 325 g/mol. The fourth-order valence-electron chi connectivity index (χ4n) is 2.96. The van der Waals surface area contributed by atoms with Crippen molar-refractivity contribution < 1.29 is 4.39 Å². The van der Waals surface area contributed by atoms with E-state index in [1.54, 1.807) is 4.52 Å². The minimum atomic E-state index is -0.196. The molecule has 1 aromatic carbocycles. The smallest absolute Gasteiger partial charge is 0.178 e. The third kappa shape index (κ3) is 2.72. The third-order valence-electron chi connectivity index (χ3n) is 4.36. The van der Waals surface area contributed by atoms with Crippen LogP contribution < -0.4 is 5.32 Å². The summed E-state index contributed by atoms with van der Waals surface area (Å²) in [7, 11) is 0. The van der Waals surface area contributed by atoms with E-state index >= 15 is 0 Å². The van der Waals surface area contributed by atoms with Gasteiger partial charge in [-0.15, -0.1) is 15.3 Å². The molecule has 2 atom stereocenters. The predicted octanol–water partition coefficient (Wildman–Crippen LogP) is 3.53. The summed E-state index contributed by atoms with van der Waals surface area (Å²) in [6.07, 6.45) is 1.03. The predicted molar refractivity (Wildman–Crippen MR) is 90.7 cm³/mol. The van der Waals surface area contributed by atoms with Crippen LogP contribution in [0, 0.1) is 5.82 Å². The van der Waals surface area contributed by atoms with Crippen molar-refractivity contribution in [2.45, 2.75) is 44.6 Å². The topological polar surface area (TPSA) is 55.1 Å². The molecule has 124 valence electrons. The Kier molecular flexibility index (Phi) is 3.30. The van der Waals surface area contributed by atoms with E-state index in [4.69, 9.17) is 0 Å². The highest BCUT2D eigenvalue weighted by Gasteiger charge is 2.38. The Balaban J connectivity index is 1.54. The van der Waals surface area contributed by atoms with Gasteiger partial charge in [0.05, 0.1) is 0 Å². The zero-order valence-electron chi connectivity index (χ0n) is 14.0. The molecule has 1 N–H and O–H groups in total. The number of benzene rings is 1. The maximum Gasteiger partial charge on any atom is 0.178 e. The van der Waals surface area contributed by atoms with Gasteiger partial charge in [-0.1, -0.05) is 32.9 Å². The molecule has 3 aromatic rings. The average Bonchev–Trinajstić information content (AvgIpc) is 3.14. The number of hydrogen-bond donors (Lipinski definition) is 1. The number of halogens is 1. The fourth-order valence-corrected chi connectivity index (χ4v) is 2.96. The highest BCUT2D eigenvalue weighted by molar-refractivity contribution is 5.47. The Morgan fingerprint density at radius 2 is 1.83 bits per heavy atom. The summed E-state index contributed by atoms with van der Waals surface area (Å²) in [6.45, 7) is 6.28. The fraction of sp³-hybridized carbons (Fsp3) is 0.389. The van der Waals surface area contributed by atoms with Gasteiger partial charge in [0, 0.05) is 17.4 Å². The molecule has 0 bridgehead atoms. The van der Waals surface area contributed by atoms with E-state index in [2.05, 4.69) is 41.4 Å². The second-order valence-corrected chi connectivity index (χ2v) is 7.41. The molecule has 1 fully saturated rings. The molecule has 4 rings (SSSR count). The van der Waals surface area contributed by atoms with Gasteiger partial charge in [0.15, 0.2) is 11.5 Å². The SMILES string of the molecule is CC(C)(C)c1nnc2ccc(N[C@@H]3C[C@H]3c3ccc(F)cc3)nn12. The first-order valence-electron chi connectivity index (χ1n) is 8.17. The molecule has 0 spiro atoms. The standard InChI is InChI=1S/C18H20FN5/c1-18(2,3)17-22-21-16-9-8-15(23-24(16)17)20-14-10-13(14)11-4-6-12(19)7-5-11/h4-9,13-14H,10H2,1-3H3,(H,20,23)/t13-,14+/m0/s1. The van der Waals surface area contributed by atoms with Crippen molar-refractivity contribution in [2.75, 3.05) is 5.32 Å². The maximum absolute atomic E-state index is 13.0. The van der Waals surface area contributed by atoms with Gasteiger partial charge in [0.2, 0.25) is 0 Å². The lowest BCUT2D eigenvalue weighted by molar-refractivity contribution is 0.527. The minimum Gasteiger partial charge on any atom is -0.365 e. The Hall–Kier alpha value is -2.50. The zero-order chi connectivity index (χ0) is 16.9. The number of nitrogens with zero attached hydrogens (tertiary/aromatic N) is 4. The Morgan fingerprint density at radius 3 is 2.54 bits per heavy atom. The van der Waals surface area contributed by atoms with Crippen LogP contribution in [0.25, 0.3) is 5.65 Å². The first-order chi connectivity index (χ1) is 11.4. The largest absolute Gasteiger partial charge is 0.365 e. The van der Waals surface area contributed by atoms with Gasteiger partial charge in [-0.05, 0) is 36.2 Å². The summed E-state index contributed by atoms with van der Waals surface area (Å²) >= 11 is 0. The zero-order valence-corrected chi connectivity index (χ0v) is 14.0. The van der Waals surface area contributed by atoms with Crippen molar-refractivity contribution in [3.8, 4) is 0 Å². The summed E-state index contributed by atoms with van der Waals surface area (Å²) in [5.74, 6) is 1.86. The van der Waals surface area contributed by atoms with Gasteiger partial charge < -0.3 is 5.32 Å². The van der Waals surface area contributed by atoms with Crippen LogP contribution in [0.5, 0.6) is 0 Å². The van der Waals surface area contributed by atoms with Crippen LogP contribution in [0.4, 0.5) is 10.2 Å². The van der Waals surface area contributed by atoms with Gasteiger partial charge in [-0.3, -0.25) is 0 Å². The first-order valence-corrected chi connectivity index (χ1v) is 8.17. The van der Waals surface area contributed by atoms with Crippen LogP contribution in [0.1, 0.15) is 44.5 Å². The van der Waals surface area contributed by atoms with E-state index in [9.17, 15) is 4.39 Å². The van der Waals surface area contributed by atoms with E-state index in [0.29, 0.717) is 12.0 Å². The molecule has 0 saturated heterocycles. The summed E-state index contributed by atoms with van der Waals surface area (Å²) in [5, 5.41) is 16.5. The third-order valence-corrected chi connectivity index (χ3v) is 4.36. The van der Waals surface area contributed by atoms with E-state index in [-0.39, 0.29) is 11.2 Å². The molecule has 24 heavy (non-hydrogen) atoms. The van der Waals surface area contributed by atoms with Gasteiger partial charge in [-0.2, -0.15) is 4.52 Å². The summed E-state index contributed by atoms with van der Waals surface area (Å²) in [4.78, 5) is 0. The molecule has 2 aromatic heterocycles. The van der Waals surface area contributed by atoms with E-state index in [1.807, 2.05) is 24.3 Å². The van der Waals surface area contributed by atoms with E-state index in [1.165, 1.54) is 12.1 Å². The Labute approximate surface area is 139 Å². The highest BCUT2D eigenvalue weighted by Crippen LogP contribution is 2.42. The number of fused-ring (bicyclic) bond motifs is 1. The molecule has 1 aliphatic carbocycles. The molecule has 6 heteroatoms. The second kappa shape index (κ2) is 5.26.